The summed E-state index contributed by atoms with van der Waals surface area (Å²) in [6.07, 6.45) is -3.12. The monoisotopic (exact) mass is 588 g/mol. The van der Waals surface area contributed by atoms with Gasteiger partial charge < -0.3 is 60.4 Å². The summed E-state index contributed by atoms with van der Waals surface area (Å²) >= 11 is 0. The predicted molar refractivity (Wildman–Crippen MR) is 133 cm³/mol. The Kier molecular flexibility index (Phi) is 15.0. The largest absolute Gasteiger partial charge is 0.480 e. The third-order valence-electron chi connectivity index (χ3n) is 4.78. The minimum Gasteiger partial charge on any atom is -0.480 e. The summed E-state index contributed by atoms with van der Waals surface area (Å²) in [6, 6.07) is -6.83. The Hall–Kier alpha value is -5.34. The molecule has 0 aliphatic carbocycles. The number of carbonyl (C=O) groups is 10. The zero-order chi connectivity index (χ0) is 31.9. The number of carboxylic acids is 1. The van der Waals surface area contributed by atoms with Crippen LogP contribution < -0.4 is 55.3 Å². The lowest BCUT2D eigenvalue weighted by Crippen LogP contribution is -2.57. The Bertz CT molecular complexity index is 1080. The second-order valence-electron chi connectivity index (χ2n) is 8.30. The van der Waals surface area contributed by atoms with Crippen LogP contribution >= 0.6 is 0 Å². The van der Waals surface area contributed by atoms with Crippen molar-refractivity contribution in [1.82, 2.24) is 26.6 Å². The number of rotatable bonds is 19. The van der Waals surface area contributed by atoms with E-state index in [0.717, 1.165) is 0 Å². The standard InChI is InChI=1S/C20H32N10O11/c21-5-15(35)27-8(2-12(23)32)18(38)29-7(1-11(22)31)17(37)26-6-16(36)28-9(3-13(24)33)19(39)30-10(20(40)41)4-14(25)34/h7-10H,1-6,21H2,(H2,22,31)(H2,23,32)(H2,24,33)(H2,25,34)(H,26,37)(H,27,35)(H,28,36)(H,29,38)(H,30,39)(H,40,41)/t7-,8-,9-,10-/m0/s1. The van der Waals surface area contributed by atoms with E-state index < -0.39 is 122 Å². The molecule has 0 heterocycles. The summed E-state index contributed by atoms with van der Waals surface area (Å²) in [6.45, 7) is -1.47. The molecule has 4 atom stereocenters. The number of hydrogen-bond donors (Lipinski definition) is 11. The van der Waals surface area contributed by atoms with Gasteiger partial charge in [0.2, 0.25) is 53.2 Å². The van der Waals surface area contributed by atoms with Crippen molar-refractivity contribution < 1.29 is 53.1 Å². The lowest BCUT2D eigenvalue weighted by Gasteiger charge is -2.22. The quantitative estimate of drug-likeness (QED) is 0.0670. The molecule has 0 spiro atoms. The van der Waals surface area contributed by atoms with Gasteiger partial charge in [0.25, 0.3) is 0 Å². The van der Waals surface area contributed by atoms with E-state index in [-0.39, 0.29) is 0 Å². The molecule has 0 rings (SSSR count). The molecule has 0 saturated carbocycles. The Labute approximate surface area is 231 Å². The molecule has 21 heteroatoms. The molecule has 0 saturated heterocycles. The Morgan fingerprint density at radius 2 is 0.854 bits per heavy atom. The third-order valence-corrected chi connectivity index (χ3v) is 4.78. The van der Waals surface area contributed by atoms with E-state index in [1.807, 2.05) is 16.0 Å². The molecule has 0 fully saturated rings. The topological polar surface area (TPSA) is 381 Å². The van der Waals surface area contributed by atoms with Gasteiger partial charge in [-0.1, -0.05) is 0 Å². The van der Waals surface area contributed by atoms with Crippen molar-refractivity contribution in [3.63, 3.8) is 0 Å². The fraction of sp³-hybridized carbons (Fsp3) is 0.500. The van der Waals surface area contributed by atoms with Gasteiger partial charge in [-0.2, -0.15) is 0 Å². The van der Waals surface area contributed by atoms with Gasteiger partial charge in [0.05, 0.1) is 38.8 Å². The summed E-state index contributed by atoms with van der Waals surface area (Å²) < 4.78 is 0. The molecule has 0 aromatic heterocycles. The summed E-state index contributed by atoms with van der Waals surface area (Å²) in [7, 11) is 0. The Balaban J connectivity index is 5.48. The minimum absolute atomic E-state index is 0.556. The number of carboxylic acid groups (broad SMARTS) is 1. The Morgan fingerprint density at radius 3 is 1.22 bits per heavy atom. The van der Waals surface area contributed by atoms with Crippen molar-refractivity contribution in [3.8, 4) is 0 Å². The molecule has 0 unspecified atom stereocenters. The normalized spacial score (nSPS) is 13.2. The molecule has 16 N–H and O–H groups in total. The molecule has 21 nitrogen and oxygen atoms in total. The van der Waals surface area contributed by atoms with E-state index in [1.54, 1.807) is 0 Å². The van der Waals surface area contributed by atoms with Gasteiger partial charge in [-0.25, -0.2) is 4.79 Å². The molecule has 0 radical (unpaired) electrons. The van der Waals surface area contributed by atoms with Gasteiger partial charge >= 0.3 is 5.97 Å². The van der Waals surface area contributed by atoms with Crippen LogP contribution in [0.1, 0.15) is 25.7 Å². The van der Waals surface area contributed by atoms with Crippen molar-refractivity contribution in [1.29, 1.82) is 0 Å². The number of amides is 9. The fourth-order valence-corrected chi connectivity index (χ4v) is 2.97. The van der Waals surface area contributed by atoms with Gasteiger partial charge in [0.15, 0.2) is 0 Å². The van der Waals surface area contributed by atoms with E-state index in [0.29, 0.717) is 0 Å². The zero-order valence-corrected chi connectivity index (χ0v) is 21.5. The molecule has 228 valence electrons. The first-order valence-corrected chi connectivity index (χ1v) is 11.5. The molecule has 0 aliphatic heterocycles. The molecule has 0 aliphatic rings. The van der Waals surface area contributed by atoms with Crippen molar-refractivity contribution in [3.05, 3.63) is 0 Å². The first-order valence-electron chi connectivity index (χ1n) is 11.5. The minimum atomic E-state index is -1.79. The zero-order valence-electron chi connectivity index (χ0n) is 21.5. The molecule has 0 aromatic carbocycles. The van der Waals surface area contributed by atoms with Crippen LogP contribution in [0.4, 0.5) is 0 Å². The fourth-order valence-electron chi connectivity index (χ4n) is 2.97. The van der Waals surface area contributed by atoms with Crippen molar-refractivity contribution >= 4 is 59.1 Å². The summed E-state index contributed by atoms with van der Waals surface area (Å²) in [5.41, 5.74) is 25.3. The summed E-state index contributed by atoms with van der Waals surface area (Å²) in [5, 5.41) is 19.2. The smallest absolute Gasteiger partial charge is 0.326 e. The maximum atomic E-state index is 12.6. The Morgan fingerprint density at radius 1 is 0.512 bits per heavy atom. The van der Waals surface area contributed by atoms with Gasteiger partial charge in [-0.3, -0.25) is 43.2 Å². The maximum Gasteiger partial charge on any atom is 0.326 e. The molecule has 0 aromatic rings. The SMILES string of the molecule is NCC(=O)N[C@@H](CC(N)=O)C(=O)N[C@@H](CC(N)=O)C(=O)NCC(=O)N[C@@H](CC(N)=O)C(=O)N[C@@H](CC(N)=O)C(=O)O. The lowest BCUT2D eigenvalue weighted by atomic mass is 10.1. The van der Waals surface area contributed by atoms with Crippen molar-refractivity contribution in [2.75, 3.05) is 13.1 Å². The van der Waals surface area contributed by atoms with E-state index in [4.69, 9.17) is 33.8 Å². The third kappa shape index (κ3) is 15.0. The first kappa shape index (κ1) is 35.7. The van der Waals surface area contributed by atoms with Crippen LogP contribution in [0.5, 0.6) is 0 Å². The van der Waals surface area contributed by atoms with Crippen LogP contribution in [0.2, 0.25) is 0 Å². The van der Waals surface area contributed by atoms with E-state index in [1.165, 1.54) is 0 Å². The first-order chi connectivity index (χ1) is 19.0. The van der Waals surface area contributed by atoms with Gasteiger partial charge in [0, 0.05) is 0 Å². The highest BCUT2D eigenvalue weighted by Crippen LogP contribution is 2.00. The highest BCUT2D eigenvalue weighted by atomic mass is 16.4. The summed E-state index contributed by atoms with van der Waals surface area (Å²) in [4.78, 5) is 118. The van der Waals surface area contributed by atoms with Gasteiger partial charge in [-0.15, -0.1) is 0 Å². The molecular formula is C20H32N10O11. The van der Waals surface area contributed by atoms with Crippen LogP contribution in [0.15, 0.2) is 0 Å². The second kappa shape index (κ2) is 17.3. The van der Waals surface area contributed by atoms with Gasteiger partial charge in [-0.05, 0) is 0 Å². The van der Waals surface area contributed by atoms with Crippen LogP contribution in [-0.2, 0) is 47.9 Å². The van der Waals surface area contributed by atoms with E-state index in [9.17, 15) is 47.9 Å². The molecule has 0 bridgehead atoms. The highest BCUT2D eigenvalue weighted by molar-refractivity contribution is 5.98. The van der Waals surface area contributed by atoms with E-state index >= 15 is 0 Å². The average Bonchev–Trinajstić information content (AvgIpc) is 2.84. The van der Waals surface area contributed by atoms with Crippen molar-refractivity contribution in [2.24, 2.45) is 28.7 Å². The highest BCUT2D eigenvalue weighted by Gasteiger charge is 2.31. The van der Waals surface area contributed by atoms with Crippen LogP contribution in [-0.4, -0.2) is 101 Å². The number of hydrogen-bond acceptors (Lipinski definition) is 11. The predicted octanol–water partition coefficient (Wildman–Crippen LogP) is -8.41. The molecular weight excluding hydrogens is 556 g/mol. The van der Waals surface area contributed by atoms with Crippen LogP contribution in [0, 0.1) is 0 Å². The average molecular weight is 589 g/mol. The number of carbonyl (C=O) groups excluding carboxylic acids is 9. The number of nitrogens with one attached hydrogen (secondary N) is 5. The molecule has 41 heavy (non-hydrogen) atoms. The lowest BCUT2D eigenvalue weighted by molar-refractivity contribution is -0.143. The number of nitrogens with two attached hydrogens (primary N) is 5. The van der Waals surface area contributed by atoms with E-state index in [2.05, 4.69) is 10.6 Å². The maximum absolute atomic E-state index is 12.6. The summed E-state index contributed by atoms with van der Waals surface area (Å²) in [5.74, 6) is -11.4. The number of aliphatic carboxylic acids is 1. The second-order valence-corrected chi connectivity index (χ2v) is 8.30. The van der Waals surface area contributed by atoms with Crippen LogP contribution in [0.25, 0.3) is 0 Å². The van der Waals surface area contributed by atoms with Crippen molar-refractivity contribution in [2.45, 2.75) is 49.9 Å². The number of primary amides is 4. The van der Waals surface area contributed by atoms with Crippen LogP contribution in [0.3, 0.4) is 0 Å². The van der Waals surface area contributed by atoms with Gasteiger partial charge in [0.1, 0.15) is 24.2 Å². The molecule has 9 amide bonds.